The van der Waals surface area contributed by atoms with Crippen LogP contribution in [0.2, 0.25) is 0 Å². The molecule has 1 rings (SSSR count). The highest BCUT2D eigenvalue weighted by Gasteiger charge is 2.36. The molecule has 0 aliphatic heterocycles. The molecule has 0 radical (unpaired) electrons. The number of aliphatic hydroxyl groups is 1. The van der Waals surface area contributed by atoms with E-state index < -0.39 is 0 Å². The highest BCUT2D eigenvalue weighted by Crippen LogP contribution is 2.46. The average molecular weight is 226 g/mol. The first-order valence-electron chi connectivity index (χ1n) is 7.15. The topological polar surface area (TPSA) is 20.2 Å². The van der Waals surface area contributed by atoms with Gasteiger partial charge in [0.2, 0.25) is 0 Å². The van der Waals surface area contributed by atoms with E-state index >= 15 is 0 Å². The zero-order valence-corrected chi connectivity index (χ0v) is 11.6. The van der Waals surface area contributed by atoms with Gasteiger partial charge in [0.05, 0.1) is 6.10 Å². The van der Waals surface area contributed by atoms with E-state index in [4.69, 9.17) is 0 Å². The predicted molar refractivity (Wildman–Crippen MR) is 70.4 cm³/mol. The van der Waals surface area contributed by atoms with Crippen molar-refractivity contribution in [1.82, 2.24) is 0 Å². The van der Waals surface area contributed by atoms with E-state index in [0.29, 0.717) is 5.41 Å². The van der Waals surface area contributed by atoms with Crippen molar-refractivity contribution in [2.75, 3.05) is 0 Å². The van der Waals surface area contributed by atoms with Gasteiger partial charge in [-0.15, -0.1) is 0 Å². The number of hydrogen-bond donors (Lipinski definition) is 1. The van der Waals surface area contributed by atoms with Gasteiger partial charge in [0.15, 0.2) is 0 Å². The lowest BCUT2D eigenvalue weighted by Gasteiger charge is -2.43. The van der Waals surface area contributed by atoms with Crippen LogP contribution < -0.4 is 0 Å². The van der Waals surface area contributed by atoms with E-state index in [0.717, 1.165) is 31.1 Å². The van der Waals surface area contributed by atoms with Gasteiger partial charge in [-0.05, 0) is 42.9 Å². The summed E-state index contributed by atoms with van der Waals surface area (Å²) in [6, 6.07) is 0. The van der Waals surface area contributed by atoms with Gasteiger partial charge in [0, 0.05) is 0 Å². The van der Waals surface area contributed by atoms with E-state index in [9.17, 15) is 5.11 Å². The molecule has 1 fully saturated rings. The van der Waals surface area contributed by atoms with Crippen LogP contribution in [0.1, 0.15) is 72.6 Å². The van der Waals surface area contributed by atoms with Gasteiger partial charge in [-0.25, -0.2) is 0 Å². The van der Waals surface area contributed by atoms with Crippen LogP contribution in [0.25, 0.3) is 0 Å². The molecular weight excluding hydrogens is 196 g/mol. The third kappa shape index (κ3) is 3.76. The van der Waals surface area contributed by atoms with Crippen molar-refractivity contribution in [3.05, 3.63) is 0 Å². The van der Waals surface area contributed by atoms with Crippen molar-refractivity contribution in [2.24, 2.45) is 17.3 Å². The van der Waals surface area contributed by atoms with Crippen molar-refractivity contribution in [3.8, 4) is 0 Å². The molecule has 16 heavy (non-hydrogen) atoms. The Balaban J connectivity index is 2.43. The average Bonchev–Trinajstić information content (AvgIpc) is 2.16. The summed E-state index contributed by atoms with van der Waals surface area (Å²) in [7, 11) is 0. The molecule has 96 valence electrons. The fraction of sp³-hybridized carbons (Fsp3) is 1.00. The molecule has 0 aromatic heterocycles. The molecule has 0 aromatic carbocycles. The predicted octanol–water partition coefficient (Wildman–Crippen LogP) is 4.39. The Morgan fingerprint density at radius 2 is 2.00 bits per heavy atom. The second kappa shape index (κ2) is 6.05. The summed E-state index contributed by atoms with van der Waals surface area (Å²) < 4.78 is 0. The number of rotatable bonds is 5. The zero-order chi connectivity index (χ0) is 12.2. The summed E-state index contributed by atoms with van der Waals surface area (Å²) in [6.07, 6.45) is 8.38. The Morgan fingerprint density at radius 1 is 1.31 bits per heavy atom. The van der Waals surface area contributed by atoms with Gasteiger partial charge in [-0.3, -0.25) is 0 Å². The highest BCUT2D eigenvalue weighted by atomic mass is 16.3. The third-order valence-electron chi connectivity index (χ3n) is 4.60. The van der Waals surface area contributed by atoms with Gasteiger partial charge < -0.3 is 5.11 Å². The van der Waals surface area contributed by atoms with Crippen LogP contribution in [0.15, 0.2) is 0 Å². The lowest BCUT2D eigenvalue weighted by atomic mass is 9.62. The molecule has 0 bridgehead atoms. The molecule has 1 aliphatic rings. The second-order valence-corrected chi connectivity index (χ2v) is 6.48. The zero-order valence-electron chi connectivity index (χ0n) is 11.6. The molecule has 2 unspecified atom stereocenters. The van der Waals surface area contributed by atoms with Crippen molar-refractivity contribution in [1.29, 1.82) is 0 Å². The quantitative estimate of drug-likeness (QED) is 0.737. The van der Waals surface area contributed by atoms with E-state index in [1.165, 1.54) is 25.7 Å². The van der Waals surface area contributed by atoms with Gasteiger partial charge in [0.1, 0.15) is 0 Å². The molecule has 0 spiro atoms. The van der Waals surface area contributed by atoms with E-state index in [2.05, 4.69) is 27.7 Å². The van der Waals surface area contributed by atoms with Gasteiger partial charge >= 0.3 is 0 Å². The Kier molecular flexibility index (Phi) is 5.30. The van der Waals surface area contributed by atoms with Crippen molar-refractivity contribution < 1.29 is 5.11 Å². The molecular formula is C15H30O. The SMILES string of the molecule is CCCC(O)CCC1[C@H](C)CCCC1(C)C. The largest absolute Gasteiger partial charge is 0.393 e. The summed E-state index contributed by atoms with van der Waals surface area (Å²) in [6.45, 7) is 9.38. The fourth-order valence-electron chi connectivity index (χ4n) is 3.56. The first-order chi connectivity index (χ1) is 7.47. The third-order valence-corrected chi connectivity index (χ3v) is 4.60. The van der Waals surface area contributed by atoms with Crippen molar-refractivity contribution in [3.63, 3.8) is 0 Å². The molecule has 1 nitrogen and oxygen atoms in total. The van der Waals surface area contributed by atoms with E-state index in [1.807, 2.05) is 0 Å². The van der Waals surface area contributed by atoms with Crippen molar-refractivity contribution >= 4 is 0 Å². The molecule has 0 saturated heterocycles. The van der Waals surface area contributed by atoms with E-state index in [1.54, 1.807) is 0 Å². The van der Waals surface area contributed by atoms with Crippen LogP contribution in [-0.4, -0.2) is 11.2 Å². The Hall–Kier alpha value is -0.0400. The first-order valence-corrected chi connectivity index (χ1v) is 7.15. The molecule has 1 N–H and O–H groups in total. The molecule has 0 heterocycles. The molecule has 0 amide bonds. The minimum Gasteiger partial charge on any atom is -0.393 e. The van der Waals surface area contributed by atoms with Crippen LogP contribution in [0, 0.1) is 17.3 Å². The lowest BCUT2D eigenvalue weighted by molar-refractivity contribution is 0.0560. The smallest absolute Gasteiger partial charge is 0.0540 e. The second-order valence-electron chi connectivity index (χ2n) is 6.48. The van der Waals surface area contributed by atoms with Gasteiger partial charge in [-0.1, -0.05) is 47.0 Å². The van der Waals surface area contributed by atoms with Crippen LogP contribution in [0.4, 0.5) is 0 Å². The fourth-order valence-corrected chi connectivity index (χ4v) is 3.56. The molecule has 0 aromatic rings. The molecule has 1 saturated carbocycles. The Bertz CT molecular complexity index is 198. The Morgan fingerprint density at radius 3 is 2.56 bits per heavy atom. The van der Waals surface area contributed by atoms with E-state index in [-0.39, 0.29) is 6.10 Å². The maximum Gasteiger partial charge on any atom is 0.0540 e. The molecule has 1 aliphatic carbocycles. The lowest BCUT2D eigenvalue weighted by Crippen LogP contribution is -2.34. The minimum atomic E-state index is -0.0603. The first kappa shape index (κ1) is 14.0. The van der Waals surface area contributed by atoms with Crippen molar-refractivity contribution in [2.45, 2.75) is 78.7 Å². The standard InChI is InChI=1S/C15H30O/c1-5-7-13(16)9-10-14-12(2)8-6-11-15(14,3)4/h12-14,16H,5-11H2,1-4H3/t12-,13?,14?/m1/s1. The Labute approximate surface area is 102 Å². The maximum atomic E-state index is 9.84. The minimum absolute atomic E-state index is 0.0603. The van der Waals surface area contributed by atoms with Crippen LogP contribution in [0.3, 0.4) is 0 Å². The molecule has 1 heteroatoms. The molecule has 3 atom stereocenters. The monoisotopic (exact) mass is 226 g/mol. The summed E-state index contributed by atoms with van der Waals surface area (Å²) in [4.78, 5) is 0. The number of aliphatic hydroxyl groups excluding tert-OH is 1. The maximum absolute atomic E-state index is 9.84. The summed E-state index contributed by atoms with van der Waals surface area (Å²) in [5.74, 6) is 1.66. The number of hydrogen-bond acceptors (Lipinski definition) is 1. The summed E-state index contributed by atoms with van der Waals surface area (Å²) >= 11 is 0. The van der Waals surface area contributed by atoms with Crippen LogP contribution in [0.5, 0.6) is 0 Å². The van der Waals surface area contributed by atoms with Crippen LogP contribution in [-0.2, 0) is 0 Å². The normalized spacial score (nSPS) is 31.3. The summed E-state index contributed by atoms with van der Waals surface area (Å²) in [5, 5.41) is 9.84. The summed E-state index contributed by atoms with van der Waals surface area (Å²) in [5.41, 5.74) is 0.490. The van der Waals surface area contributed by atoms with Gasteiger partial charge in [0.25, 0.3) is 0 Å². The van der Waals surface area contributed by atoms with Crippen LogP contribution >= 0.6 is 0 Å². The van der Waals surface area contributed by atoms with Gasteiger partial charge in [-0.2, -0.15) is 0 Å². The highest BCUT2D eigenvalue weighted by molar-refractivity contribution is 4.86.